The Morgan fingerprint density at radius 3 is 3.00 bits per heavy atom. The average Bonchev–Trinajstić information content (AvgIpc) is 2.46. The largest absolute Gasteiger partial charge is 0.497 e. The standard InChI is InChI=1S/C16H23NO3/c1-3-11-9-16(6-7-19-11)10-14(17)13-5-4-12(18-2)8-15(13)20-16/h4-5,8,11,14H,3,6-7,9-10,17H2,1-2H3. The van der Waals surface area contributed by atoms with Crippen molar-refractivity contribution in [2.24, 2.45) is 5.73 Å². The highest BCUT2D eigenvalue weighted by Gasteiger charge is 2.43. The first-order chi connectivity index (χ1) is 9.65. The maximum absolute atomic E-state index is 6.37. The molecule has 1 aromatic rings. The summed E-state index contributed by atoms with van der Waals surface area (Å²) in [7, 11) is 1.67. The summed E-state index contributed by atoms with van der Waals surface area (Å²) in [4.78, 5) is 0. The predicted molar refractivity (Wildman–Crippen MR) is 77.2 cm³/mol. The maximum atomic E-state index is 6.37. The van der Waals surface area contributed by atoms with Gasteiger partial charge in [-0.3, -0.25) is 0 Å². The van der Waals surface area contributed by atoms with Gasteiger partial charge in [0.25, 0.3) is 0 Å². The summed E-state index contributed by atoms with van der Waals surface area (Å²) in [6, 6.07) is 5.94. The van der Waals surface area contributed by atoms with Crippen molar-refractivity contribution in [3.8, 4) is 11.5 Å². The van der Waals surface area contributed by atoms with Gasteiger partial charge in [-0.25, -0.2) is 0 Å². The monoisotopic (exact) mass is 277 g/mol. The second-order valence-corrected chi connectivity index (χ2v) is 5.85. The topological polar surface area (TPSA) is 53.7 Å². The third-order valence-corrected chi connectivity index (χ3v) is 4.50. The third kappa shape index (κ3) is 2.38. The van der Waals surface area contributed by atoms with Crippen LogP contribution in [0.1, 0.15) is 44.2 Å². The highest BCUT2D eigenvalue weighted by molar-refractivity contribution is 5.44. The Hall–Kier alpha value is -1.26. The van der Waals surface area contributed by atoms with Crippen LogP contribution in [-0.2, 0) is 4.74 Å². The van der Waals surface area contributed by atoms with Crippen molar-refractivity contribution >= 4 is 0 Å². The summed E-state index contributed by atoms with van der Waals surface area (Å²) in [6.45, 7) is 2.91. The van der Waals surface area contributed by atoms with E-state index >= 15 is 0 Å². The smallest absolute Gasteiger partial charge is 0.128 e. The van der Waals surface area contributed by atoms with Crippen LogP contribution in [0.4, 0.5) is 0 Å². The number of rotatable bonds is 2. The van der Waals surface area contributed by atoms with E-state index in [0.29, 0.717) is 0 Å². The molecule has 2 aliphatic rings. The van der Waals surface area contributed by atoms with E-state index in [4.69, 9.17) is 19.9 Å². The van der Waals surface area contributed by atoms with Gasteiger partial charge in [-0.15, -0.1) is 0 Å². The van der Waals surface area contributed by atoms with E-state index in [1.54, 1.807) is 7.11 Å². The summed E-state index contributed by atoms with van der Waals surface area (Å²) in [5.41, 5.74) is 7.28. The third-order valence-electron chi connectivity index (χ3n) is 4.50. The lowest BCUT2D eigenvalue weighted by Gasteiger charge is -2.45. The van der Waals surface area contributed by atoms with Gasteiger partial charge in [-0.05, 0) is 12.5 Å². The van der Waals surface area contributed by atoms with Crippen LogP contribution < -0.4 is 15.2 Å². The minimum Gasteiger partial charge on any atom is -0.497 e. The van der Waals surface area contributed by atoms with E-state index in [1.807, 2.05) is 18.2 Å². The molecule has 110 valence electrons. The Kier molecular flexibility index (Phi) is 3.61. The molecule has 4 nitrogen and oxygen atoms in total. The zero-order chi connectivity index (χ0) is 14.2. The number of nitrogens with two attached hydrogens (primary N) is 1. The molecule has 1 saturated heterocycles. The predicted octanol–water partition coefficient (Wildman–Crippen LogP) is 2.81. The Morgan fingerprint density at radius 1 is 1.40 bits per heavy atom. The van der Waals surface area contributed by atoms with Gasteiger partial charge in [0.05, 0.1) is 19.8 Å². The molecule has 3 unspecified atom stereocenters. The number of fused-ring (bicyclic) bond motifs is 1. The molecule has 0 saturated carbocycles. The highest BCUT2D eigenvalue weighted by Crippen LogP contribution is 2.45. The van der Waals surface area contributed by atoms with Gasteiger partial charge in [0.15, 0.2) is 0 Å². The molecule has 4 heteroatoms. The summed E-state index contributed by atoms with van der Waals surface area (Å²) in [5.74, 6) is 1.69. The van der Waals surface area contributed by atoms with Gasteiger partial charge >= 0.3 is 0 Å². The maximum Gasteiger partial charge on any atom is 0.128 e. The summed E-state index contributed by atoms with van der Waals surface area (Å²) >= 11 is 0. The fraction of sp³-hybridized carbons (Fsp3) is 0.625. The molecule has 1 aromatic carbocycles. The molecule has 2 N–H and O–H groups in total. The minimum absolute atomic E-state index is 0.0280. The molecule has 20 heavy (non-hydrogen) atoms. The normalized spacial score (nSPS) is 32.5. The van der Waals surface area contributed by atoms with Crippen molar-refractivity contribution < 1.29 is 14.2 Å². The minimum atomic E-state index is -0.169. The first-order valence-electron chi connectivity index (χ1n) is 7.40. The molecule has 3 atom stereocenters. The van der Waals surface area contributed by atoms with Crippen LogP contribution in [0, 0.1) is 0 Å². The lowest BCUT2D eigenvalue weighted by atomic mass is 9.80. The molecule has 2 aliphatic heterocycles. The average molecular weight is 277 g/mol. The van der Waals surface area contributed by atoms with Crippen molar-refractivity contribution in [2.45, 2.75) is 50.4 Å². The SMILES string of the molecule is CCC1CC2(CCO1)CC(N)c1ccc(OC)cc1O2. The zero-order valence-electron chi connectivity index (χ0n) is 12.2. The van der Waals surface area contributed by atoms with Crippen LogP contribution in [0.2, 0.25) is 0 Å². The Bertz CT molecular complexity index is 491. The van der Waals surface area contributed by atoms with Crippen molar-refractivity contribution in [1.82, 2.24) is 0 Å². The van der Waals surface area contributed by atoms with E-state index < -0.39 is 0 Å². The van der Waals surface area contributed by atoms with Crippen LogP contribution >= 0.6 is 0 Å². The van der Waals surface area contributed by atoms with Crippen molar-refractivity contribution in [1.29, 1.82) is 0 Å². The lowest BCUT2D eigenvalue weighted by molar-refractivity contribution is -0.102. The van der Waals surface area contributed by atoms with Crippen LogP contribution in [-0.4, -0.2) is 25.4 Å². The Morgan fingerprint density at radius 2 is 2.25 bits per heavy atom. The van der Waals surface area contributed by atoms with E-state index in [9.17, 15) is 0 Å². The van der Waals surface area contributed by atoms with Crippen LogP contribution in [0.3, 0.4) is 0 Å². The highest BCUT2D eigenvalue weighted by atomic mass is 16.5. The molecular formula is C16H23NO3. The fourth-order valence-electron chi connectivity index (χ4n) is 3.35. The quantitative estimate of drug-likeness (QED) is 0.903. The second kappa shape index (κ2) is 5.26. The van der Waals surface area contributed by atoms with E-state index in [2.05, 4.69) is 6.92 Å². The van der Waals surface area contributed by atoms with Crippen molar-refractivity contribution in [3.05, 3.63) is 23.8 Å². The number of ether oxygens (including phenoxy) is 3. The number of hydrogen-bond donors (Lipinski definition) is 1. The summed E-state index contributed by atoms with van der Waals surface area (Å²) in [6.07, 6.45) is 4.00. The summed E-state index contributed by atoms with van der Waals surface area (Å²) < 4.78 is 17.4. The lowest BCUT2D eigenvalue weighted by Crippen LogP contribution is -2.49. The number of methoxy groups -OCH3 is 1. The van der Waals surface area contributed by atoms with Gasteiger partial charge in [0, 0.05) is 36.9 Å². The molecule has 1 spiro atoms. The van der Waals surface area contributed by atoms with E-state index in [-0.39, 0.29) is 17.7 Å². The fourth-order valence-corrected chi connectivity index (χ4v) is 3.35. The molecule has 0 aliphatic carbocycles. The van der Waals surface area contributed by atoms with Crippen LogP contribution in [0.15, 0.2) is 18.2 Å². The second-order valence-electron chi connectivity index (χ2n) is 5.85. The van der Waals surface area contributed by atoms with Crippen LogP contribution in [0.25, 0.3) is 0 Å². The van der Waals surface area contributed by atoms with Gasteiger partial charge < -0.3 is 19.9 Å². The Labute approximate surface area is 120 Å². The van der Waals surface area contributed by atoms with E-state index in [0.717, 1.165) is 49.4 Å². The summed E-state index contributed by atoms with van der Waals surface area (Å²) in [5, 5.41) is 0. The first kappa shape index (κ1) is 13.7. The molecule has 0 aromatic heterocycles. The first-order valence-corrected chi connectivity index (χ1v) is 7.40. The van der Waals surface area contributed by atoms with Crippen molar-refractivity contribution in [2.75, 3.05) is 13.7 Å². The van der Waals surface area contributed by atoms with Gasteiger partial charge in [0.2, 0.25) is 0 Å². The van der Waals surface area contributed by atoms with E-state index in [1.165, 1.54) is 0 Å². The molecule has 1 fully saturated rings. The van der Waals surface area contributed by atoms with Gasteiger partial charge in [-0.2, -0.15) is 0 Å². The van der Waals surface area contributed by atoms with Crippen molar-refractivity contribution in [3.63, 3.8) is 0 Å². The molecular weight excluding hydrogens is 254 g/mol. The van der Waals surface area contributed by atoms with Gasteiger partial charge in [-0.1, -0.05) is 13.0 Å². The molecule has 0 bridgehead atoms. The molecule has 2 heterocycles. The van der Waals surface area contributed by atoms with Crippen LogP contribution in [0.5, 0.6) is 11.5 Å². The molecule has 0 amide bonds. The molecule has 0 radical (unpaired) electrons. The van der Waals surface area contributed by atoms with Gasteiger partial charge in [0.1, 0.15) is 17.1 Å². The number of hydrogen-bond acceptors (Lipinski definition) is 4. The molecule has 3 rings (SSSR count). The Balaban J connectivity index is 1.90. The zero-order valence-corrected chi connectivity index (χ0v) is 12.2. The number of benzene rings is 1.